The van der Waals surface area contributed by atoms with Crippen molar-refractivity contribution in [3.63, 3.8) is 0 Å². The SMILES string of the molecule is CC1(C)CC(C)(N=Nc2ccccc2)n2ncnc2N1. The van der Waals surface area contributed by atoms with Gasteiger partial charge in [-0.15, -0.1) is 0 Å². The fourth-order valence-corrected chi connectivity index (χ4v) is 2.68. The van der Waals surface area contributed by atoms with Gasteiger partial charge in [-0.05, 0) is 32.9 Å². The van der Waals surface area contributed by atoms with Crippen molar-refractivity contribution in [3.05, 3.63) is 36.7 Å². The molecular formula is C14H18N6. The number of nitrogens with zero attached hydrogens (tertiary/aromatic N) is 5. The van der Waals surface area contributed by atoms with E-state index in [1.54, 1.807) is 11.0 Å². The number of fused-ring (bicyclic) bond motifs is 1. The molecule has 1 N–H and O–H groups in total. The lowest BCUT2D eigenvalue weighted by Gasteiger charge is -2.40. The van der Waals surface area contributed by atoms with Gasteiger partial charge in [0.2, 0.25) is 5.95 Å². The molecule has 0 spiro atoms. The van der Waals surface area contributed by atoms with Gasteiger partial charge in [0.15, 0.2) is 5.66 Å². The van der Waals surface area contributed by atoms with Crippen LogP contribution in [0.3, 0.4) is 0 Å². The van der Waals surface area contributed by atoms with Crippen LogP contribution in [0.1, 0.15) is 27.2 Å². The molecule has 0 saturated carbocycles. The quantitative estimate of drug-likeness (QED) is 0.851. The Hall–Kier alpha value is -2.24. The molecule has 6 heteroatoms. The van der Waals surface area contributed by atoms with E-state index in [4.69, 9.17) is 0 Å². The number of aromatic nitrogens is 3. The Balaban J connectivity index is 1.97. The fourth-order valence-electron chi connectivity index (χ4n) is 2.68. The summed E-state index contributed by atoms with van der Waals surface area (Å²) in [4.78, 5) is 4.24. The molecule has 104 valence electrons. The molecule has 0 amide bonds. The average Bonchev–Trinajstić information content (AvgIpc) is 2.85. The van der Waals surface area contributed by atoms with Crippen LogP contribution in [0.5, 0.6) is 0 Å². The summed E-state index contributed by atoms with van der Waals surface area (Å²) in [5.41, 5.74) is 0.205. The van der Waals surface area contributed by atoms with Crippen molar-refractivity contribution in [2.45, 2.75) is 38.4 Å². The second kappa shape index (κ2) is 4.40. The van der Waals surface area contributed by atoms with Gasteiger partial charge >= 0.3 is 0 Å². The van der Waals surface area contributed by atoms with E-state index in [1.165, 1.54) is 0 Å². The fraction of sp³-hybridized carbons (Fsp3) is 0.429. The first-order valence-electron chi connectivity index (χ1n) is 6.65. The topological polar surface area (TPSA) is 67.5 Å². The number of azo groups is 1. The lowest BCUT2D eigenvalue weighted by Crippen LogP contribution is -2.48. The summed E-state index contributed by atoms with van der Waals surface area (Å²) < 4.78 is 1.80. The van der Waals surface area contributed by atoms with E-state index in [2.05, 4.69) is 39.5 Å². The average molecular weight is 270 g/mol. The summed E-state index contributed by atoms with van der Waals surface area (Å²) in [6.45, 7) is 6.28. The third-order valence-corrected chi connectivity index (χ3v) is 3.37. The van der Waals surface area contributed by atoms with Crippen LogP contribution in [0.4, 0.5) is 11.6 Å². The van der Waals surface area contributed by atoms with E-state index in [0.29, 0.717) is 0 Å². The Kier molecular flexibility index (Phi) is 2.81. The molecule has 1 aliphatic rings. The first-order chi connectivity index (χ1) is 9.49. The van der Waals surface area contributed by atoms with Crippen molar-refractivity contribution < 1.29 is 0 Å². The molecule has 1 atom stereocenters. The molecule has 0 aliphatic carbocycles. The van der Waals surface area contributed by atoms with E-state index in [0.717, 1.165) is 18.1 Å². The van der Waals surface area contributed by atoms with Crippen molar-refractivity contribution in [1.82, 2.24) is 14.8 Å². The van der Waals surface area contributed by atoms with Crippen molar-refractivity contribution in [2.24, 2.45) is 10.2 Å². The summed E-state index contributed by atoms with van der Waals surface area (Å²) in [7, 11) is 0. The molecule has 1 unspecified atom stereocenters. The normalized spacial score (nSPS) is 24.4. The van der Waals surface area contributed by atoms with E-state index >= 15 is 0 Å². The maximum absolute atomic E-state index is 4.54. The zero-order valence-corrected chi connectivity index (χ0v) is 11.9. The van der Waals surface area contributed by atoms with Crippen LogP contribution in [0.25, 0.3) is 0 Å². The van der Waals surface area contributed by atoms with Crippen LogP contribution in [0.15, 0.2) is 46.9 Å². The molecule has 1 aromatic carbocycles. The van der Waals surface area contributed by atoms with Gasteiger partial charge < -0.3 is 5.32 Å². The minimum atomic E-state index is -0.531. The second-order valence-corrected chi connectivity index (χ2v) is 5.93. The molecule has 0 bridgehead atoms. The number of hydrogen-bond acceptors (Lipinski definition) is 5. The molecule has 0 fully saturated rings. The lowest BCUT2D eigenvalue weighted by molar-refractivity contribution is 0.203. The Morgan fingerprint density at radius 3 is 2.70 bits per heavy atom. The summed E-state index contributed by atoms with van der Waals surface area (Å²) in [5, 5.41) is 16.5. The maximum Gasteiger partial charge on any atom is 0.223 e. The highest BCUT2D eigenvalue weighted by atomic mass is 15.5. The predicted molar refractivity (Wildman–Crippen MR) is 76.9 cm³/mol. The molecule has 2 heterocycles. The number of hydrogen-bond donors (Lipinski definition) is 1. The van der Waals surface area contributed by atoms with Crippen LogP contribution >= 0.6 is 0 Å². The van der Waals surface area contributed by atoms with Gasteiger partial charge in [-0.1, -0.05) is 18.2 Å². The molecule has 6 nitrogen and oxygen atoms in total. The first-order valence-corrected chi connectivity index (χ1v) is 6.65. The molecular weight excluding hydrogens is 252 g/mol. The highest BCUT2D eigenvalue weighted by Gasteiger charge is 2.42. The minimum absolute atomic E-state index is 0.104. The van der Waals surface area contributed by atoms with E-state index in [-0.39, 0.29) is 5.54 Å². The van der Waals surface area contributed by atoms with Crippen LogP contribution in [-0.2, 0) is 5.66 Å². The van der Waals surface area contributed by atoms with Crippen molar-refractivity contribution in [1.29, 1.82) is 0 Å². The summed E-state index contributed by atoms with van der Waals surface area (Å²) >= 11 is 0. The van der Waals surface area contributed by atoms with E-state index < -0.39 is 5.66 Å². The third kappa shape index (κ3) is 2.29. The van der Waals surface area contributed by atoms with Crippen LogP contribution < -0.4 is 5.32 Å². The molecule has 3 rings (SSSR count). The maximum atomic E-state index is 4.54. The predicted octanol–water partition coefficient (Wildman–Crippen LogP) is 3.33. The van der Waals surface area contributed by atoms with Gasteiger partial charge in [0.1, 0.15) is 6.33 Å². The molecule has 20 heavy (non-hydrogen) atoms. The Labute approximate surface area is 117 Å². The Morgan fingerprint density at radius 1 is 1.20 bits per heavy atom. The van der Waals surface area contributed by atoms with Gasteiger partial charge in [-0.3, -0.25) is 0 Å². The standard InChI is InChI=1S/C14H18N6/c1-13(2)9-14(3,20-12(17-13)15-10-16-20)19-18-11-7-5-4-6-8-11/h4-8,10H,9H2,1-3H3,(H,15,16,17). The highest BCUT2D eigenvalue weighted by Crippen LogP contribution is 2.37. The van der Waals surface area contributed by atoms with Crippen molar-refractivity contribution in [2.75, 3.05) is 5.32 Å². The molecule has 2 aromatic rings. The molecule has 0 radical (unpaired) electrons. The molecule has 1 aliphatic heterocycles. The molecule has 0 saturated heterocycles. The highest BCUT2D eigenvalue weighted by molar-refractivity contribution is 5.36. The van der Waals surface area contributed by atoms with Gasteiger partial charge in [0, 0.05) is 12.0 Å². The lowest BCUT2D eigenvalue weighted by atomic mass is 9.90. The van der Waals surface area contributed by atoms with Crippen molar-refractivity contribution >= 4 is 11.6 Å². The largest absolute Gasteiger partial charge is 0.349 e. The number of benzene rings is 1. The zero-order valence-electron chi connectivity index (χ0n) is 11.9. The van der Waals surface area contributed by atoms with Gasteiger partial charge in [-0.25, -0.2) is 4.68 Å². The van der Waals surface area contributed by atoms with Crippen LogP contribution in [0.2, 0.25) is 0 Å². The summed E-state index contributed by atoms with van der Waals surface area (Å²) in [5.74, 6) is 0.732. The van der Waals surface area contributed by atoms with Gasteiger partial charge in [-0.2, -0.15) is 20.3 Å². The van der Waals surface area contributed by atoms with E-state index in [9.17, 15) is 0 Å². The first kappa shape index (κ1) is 12.8. The number of anilines is 1. The number of nitrogens with one attached hydrogen (secondary N) is 1. The summed E-state index contributed by atoms with van der Waals surface area (Å²) in [6.07, 6.45) is 2.33. The van der Waals surface area contributed by atoms with Crippen LogP contribution in [0, 0.1) is 0 Å². The third-order valence-electron chi connectivity index (χ3n) is 3.37. The summed E-state index contributed by atoms with van der Waals surface area (Å²) in [6, 6.07) is 9.72. The van der Waals surface area contributed by atoms with Gasteiger partial charge in [0.25, 0.3) is 0 Å². The zero-order chi connectivity index (χ0) is 14.2. The Morgan fingerprint density at radius 2 is 1.95 bits per heavy atom. The second-order valence-electron chi connectivity index (χ2n) is 5.93. The monoisotopic (exact) mass is 270 g/mol. The van der Waals surface area contributed by atoms with Crippen molar-refractivity contribution in [3.8, 4) is 0 Å². The Bertz CT molecular complexity index is 630. The smallest absolute Gasteiger partial charge is 0.223 e. The molecule has 1 aromatic heterocycles. The van der Waals surface area contributed by atoms with E-state index in [1.807, 2.05) is 37.3 Å². The minimum Gasteiger partial charge on any atom is -0.349 e. The van der Waals surface area contributed by atoms with Crippen LogP contribution in [-0.4, -0.2) is 20.3 Å². The number of rotatable bonds is 2. The van der Waals surface area contributed by atoms with Gasteiger partial charge in [0.05, 0.1) is 5.69 Å².